The topological polar surface area (TPSA) is 101 Å². The Hall–Kier alpha value is -1.95. The minimum atomic E-state index is -3.48. The average molecular weight is 488 g/mol. The number of halogens is 1. The lowest BCUT2D eigenvalue weighted by atomic mass is 9.92. The molecule has 0 fully saturated rings. The van der Waals surface area contributed by atoms with Crippen LogP contribution in [0.5, 0.6) is 5.88 Å². The fraction of sp³-hybridized carbons (Fsp3) is 0.312. The van der Waals surface area contributed by atoms with E-state index in [9.17, 15) is 13.2 Å². The molecule has 0 spiro atoms. The summed E-state index contributed by atoms with van der Waals surface area (Å²) >= 11 is 2.02. The molecule has 0 bridgehead atoms. The quantitative estimate of drug-likeness (QED) is 0.646. The second-order valence-electron chi connectivity index (χ2n) is 5.89. The molecule has 0 radical (unpaired) electrons. The molecule has 1 N–H and O–H groups in total. The van der Waals surface area contributed by atoms with Crippen LogP contribution in [-0.2, 0) is 26.8 Å². The summed E-state index contributed by atoms with van der Waals surface area (Å²) in [7, 11) is -0.529. The maximum Gasteiger partial charge on any atom is 0.270 e. The Bertz CT molecular complexity index is 968. The lowest BCUT2D eigenvalue weighted by molar-refractivity contribution is -0.136. The third-order valence-corrected chi connectivity index (χ3v) is 6.14. The first-order valence-corrected chi connectivity index (χ1v) is 10.6. The number of pyridine rings is 2. The molecule has 1 atom stereocenters. The largest absolute Gasteiger partial charge is 0.454 e. The Balaban J connectivity index is 2.10. The number of amides is 1. The van der Waals surface area contributed by atoms with Crippen LogP contribution >= 0.6 is 22.6 Å². The van der Waals surface area contributed by atoms with Crippen molar-refractivity contribution >= 4 is 44.3 Å². The van der Waals surface area contributed by atoms with Gasteiger partial charge in [-0.3, -0.25) is 14.1 Å². The highest BCUT2D eigenvalue weighted by Crippen LogP contribution is 2.42. The predicted octanol–water partition coefficient (Wildman–Crippen LogP) is 1.05. The van der Waals surface area contributed by atoms with E-state index < -0.39 is 15.6 Å². The van der Waals surface area contributed by atoms with Crippen LogP contribution in [0.25, 0.3) is 0 Å². The van der Waals surface area contributed by atoms with Crippen LogP contribution in [-0.4, -0.2) is 44.6 Å². The summed E-state index contributed by atoms with van der Waals surface area (Å²) < 4.78 is 31.4. The Morgan fingerprint density at radius 3 is 2.73 bits per heavy atom. The average Bonchev–Trinajstić information content (AvgIpc) is 2.99. The second-order valence-corrected chi connectivity index (χ2v) is 9.06. The van der Waals surface area contributed by atoms with E-state index in [2.05, 4.69) is 15.3 Å². The standard InChI is InChI=1S/C16H17IN4O4S/c1-18-15(22)16(12-6-4-5-7-19-12)9-10-8-11(17)13(20-14(10)25-16)21(2)26(3,23)24/h4-8H,9H2,1-3H3,(H,18,22). The van der Waals surface area contributed by atoms with E-state index in [-0.39, 0.29) is 24.0 Å². The number of hydrogen-bond acceptors (Lipinski definition) is 6. The van der Waals surface area contributed by atoms with Crippen molar-refractivity contribution in [2.45, 2.75) is 12.0 Å². The minimum Gasteiger partial charge on any atom is -0.454 e. The molecule has 1 aliphatic heterocycles. The third-order valence-electron chi connectivity index (χ3n) is 4.18. The Morgan fingerprint density at radius 2 is 2.15 bits per heavy atom. The number of nitrogens with one attached hydrogen (secondary N) is 1. The summed E-state index contributed by atoms with van der Waals surface area (Å²) in [5.41, 5.74) is -0.156. The monoisotopic (exact) mass is 488 g/mol. The summed E-state index contributed by atoms with van der Waals surface area (Å²) in [6.07, 6.45) is 2.94. The summed E-state index contributed by atoms with van der Waals surface area (Å²) in [5, 5.41) is 2.62. The van der Waals surface area contributed by atoms with Crippen LogP contribution < -0.4 is 14.4 Å². The molecule has 0 aromatic carbocycles. The van der Waals surface area contributed by atoms with Gasteiger partial charge in [0.15, 0.2) is 5.82 Å². The lowest BCUT2D eigenvalue weighted by Crippen LogP contribution is -2.47. The molecule has 1 aliphatic rings. The highest BCUT2D eigenvalue weighted by atomic mass is 127. The molecule has 138 valence electrons. The van der Waals surface area contributed by atoms with Crippen molar-refractivity contribution in [3.63, 3.8) is 0 Å². The highest BCUT2D eigenvalue weighted by Gasteiger charge is 2.50. The van der Waals surface area contributed by atoms with Crippen LogP contribution in [0.15, 0.2) is 30.5 Å². The fourth-order valence-corrected chi connectivity index (χ4v) is 4.23. The fourth-order valence-electron chi connectivity index (χ4n) is 2.75. The number of ether oxygens (including phenoxy) is 1. The predicted molar refractivity (Wildman–Crippen MR) is 105 cm³/mol. The number of anilines is 1. The first-order valence-electron chi connectivity index (χ1n) is 7.65. The molecule has 0 saturated carbocycles. The van der Waals surface area contributed by atoms with E-state index in [1.165, 1.54) is 14.1 Å². The molecule has 1 amide bonds. The van der Waals surface area contributed by atoms with Gasteiger partial charge < -0.3 is 10.1 Å². The summed E-state index contributed by atoms with van der Waals surface area (Å²) in [5.74, 6) is 0.132. The maximum absolute atomic E-state index is 12.7. The number of fused-ring (bicyclic) bond motifs is 1. The van der Waals surface area contributed by atoms with Crippen molar-refractivity contribution in [3.8, 4) is 5.88 Å². The Morgan fingerprint density at radius 1 is 1.42 bits per heavy atom. The Labute approximate surface area is 165 Å². The molecule has 0 saturated heterocycles. The lowest BCUT2D eigenvalue weighted by Gasteiger charge is -2.25. The number of hydrogen-bond donors (Lipinski definition) is 1. The first kappa shape index (κ1) is 18.8. The van der Waals surface area contributed by atoms with Gasteiger partial charge in [0.1, 0.15) is 0 Å². The number of likely N-dealkylation sites (N-methyl/N-ethyl adjacent to an activating group) is 1. The number of aromatic nitrogens is 2. The Kier molecular flexibility index (Phi) is 4.82. The molecule has 3 rings (SSSR count). The molecule has 3 heterocycles. The van der Waals surface area contributed by atoms with Crippen molar-refractivity contribution in [1.29, 1.82) is 0 Å². The van der Waals surface area contributed by atoms with Gasteiger partial charge in [-0.1, -0.05) is 6.07 Å². The SMILES string of the molecule is CNC(=O)C1(c2ccccn2)Cc2cc(I)c(N(C)S(C)(=O)=O)nc2O1. The van der Waals surface area contributed by atoms with Gasteiger partial charge in [-0.05, 0) is 40.8 Å². The molecule has 1 unspecified atom stereocenters. The first-order chi connectivity index (χ1) is 12.2. The molecule has 8 nitrogen and oxygen atoms in total. The number of carbonyl (C=O) groups excluding carboxylic acids is 1. The zero-order valence-corrected chi connectivity index (χ0v) is 17.3. The number of carbonyl (C=O) groups is 1. The molecule has 26 heavy (non-hydrogen) atoms. The summed E-state index contributed by atoms with van der Waals surface area (Å²) in [6, 6.07) is 7.03. The van der Waals surface area contributed by atoms with Crippen molar-refractivity contribution in [2.75, 3.05) is 24.7 Å². The molecular weight excluding hydrogens is 471 g/mol. The molecule has 2 aromatic rings. The summed E-state index contributed by atoms with van der Waals surface area (Å²) in [4.78, 5) is 21.3. The number of sulfonamides is 1. The molecule has 0 aliphatic carbocycles. The third kappa shape index (κ3) is 3.11. The number of rotatable bonds is 4. The van der Waals surface area contributed by atoms with Crippen molar-refractivity contribution in [3.05, 3.63) is 45.3 Å². The smallest absolute Gasteiger partial charge is 0.270 e. The van der Waals surface area contributed by atoms with Crippen LogP contribution in [0.4, 0.5) is 5.82 Å². The summed E-state index contributed by atoms with van der Waals surface area (Å²) in [6.45, 7) is 0. The second kappa shape index (κ2) is 6.65. The van der Waals surface area contributed by atoms with Gasteiger partial charge in [-0.15, -0.1) is 0 Å². The number of nitrogens with zero attached hydrogens (tertiary/aromatic N) is 3. The van der Waals surface area contributed by atoms with Gasteiger partial charge in [-0.25, -0.2) is 8.42 Å². The van der Waals surface area contributed by atoms with E-state index in [1.54, 1.807) is 30.5 Å². The van der Waals surface area contributed by atoms with Crippen molar-refractivity contribution < 1.29 is 17.9 Å². The van der Waals surface area contributed by atoms with Crippen LogP contribution in [0.2, 0.25) is 0 Å². The van der Waals surface area contributed by atoms with Gasteiger partial charge >= 0.3 is 0 Å². The van der Waals surface area contributed by atoms with E-state index in [4.69, 9.17) is 4.74 Å². The van der Waals surface area contributed by atoms with E-state index in [0.29, 0.717) is 14.8 Å². The van der Waals surface area contributed by atoms with Gasteiger partial charge in [0.25, 0.3) is 5.91 Å². The normalized spacial score (nSPS) is 18.8. The van der Waals surface area contributed by atoms with E-state index >= 15 is 0 Å². The van der Waals surface area contributed by atoms with E-state index in [0.717, 1.165) is 10.6 Å². The minimum absolute atomic E-state index is 0.227. The van der Waals surface area contributed by atoms with Crippen molar-refractivity contribution in [2.24, 2.45) is 0 Å². The van der Waals surface area contributed by atoms with Gasteiger partial charge in [0, 0.05) is 32.3 Å². The maximum atomic E-state index is 12.7. The highest BCUT2D eigenvalue weighted by molar-refractivity contribution is 14.1. The molecule has 2 aromatic heterocycles. The van der Waals surface area contributed by atoms with Crippen molar-refractivity contribution in [1.82, 2.24) is 15.3 Å². The molecule has 10 heteroatoms. The van der Waals surface area contributed by atoms with Gasteiger partial charge in [0.05, 0.1) is 15.5 Å². The van der Waals surface area contributed by atoms with Crippen LogP contribution in [0, 0.1) is 3.57 Å². The van der Waals surface area contributed by atoms with Gasteiger partial charge in [-0.2, -0.15) is 4.98 Å². The molecular formula is C16H17IN4O4S. The van der Waals surface area contributed by atoms with Crippen LogP contribution in [0.3, 0.4) is 0 Å². The zero-order chi connectivity index (χ0) is 19.1. The van der Waals surface area contributed by atoms with Crippen LogP contribution in [0.1, 0.15) is 11.3 Å². The zero-order valence-electron chi connectivity index (χ0n) is 14.4. The van der Waals surface area contributed by atoms with E-state index in [1.807, 2.05) is 22.6 Å². The van der Waals surface area contributed by atoms with Gasteiger partial charge in [0.2, 0.25) is 21.5 Å².